The second-order valence-corrected chi connectivity index (χ2v) is 6.45. The van der Waals surface area contributed by atoms with E-state index in [1.54, 1.807) is 31.2 Å². The van der Waals surface area contributed by atoms with Crippen LogP contribution in [0.4, 0.5) is 0 Å². The summed E-state index contributed by atoms with van der Waals surface area (Å²) >= 11 is 0. The van der Waals surface area contributed by atoms with Crippen LogP contribution in [0.25, 0.3) is 11.1 Å². The number of rotatable bonds is 7. The highest BCUT2D eigenvalue weighted by atomic mass is 16.5. The summed E-state index contributed by atoms with van der Waals surface area (Å²) in [6.45, 7) is 1.75. The molecule has 148 valence electrons. The minimum atomic E-state index is -1.34. The van der Waals surface area contributed by atoms with Crippen LogP contribution in [0, 0.1) is 5.92 Å². The third-order valence-electron chi connectivity index (χ3n) is 4.73. The maximum absolute atomic E-state index is 13.1. The van der Waals surface area contributed by atoms with Gasteiger partial charge in [0.25, 0.3) is 0 Å². The third-order valence-corrected chi connectivity index (χ3v) is 4.73. The van der Waals surface area contributed by atoms with Crippen molar-refractivity contribution in [3.05, 3.63) is 35.7 Å². The quantitative estimate of drug-likeness (QED) is 0.569. The molecule has 2 atom stereocenters. The maximum Gasteiger partial charge on any atom is 0.326 e. The number of carbonyl (C=O) groups is 3. The van der Waals surface area contributed by atoms with E-state index in [2.05, 4.69) is 4.98 Å². The number of hydrogen-bond acceptors (Lipinski definition) is 7. The standard InChI is InChI=1S/C20H21NO7/c1-3-27-20(25)15(17(22)11-7-9-12(10-8-11)19(23)24)18-21-16-13(26-2)5-4-6-14(16)28-18/h4-7,12,15H,3,8-10H2,1-2H3,(H,23,24). The lowest BCUT2D eigenvalue weighted by molar-refractivity contribution is -0.148. The van der Waals surface area contributed by atoms with Crippen molar-refractivity contribution in [2.24, 2.45) is 5.92 Å². The second-order valence-electron chi connectivity index (χ2n) is 6.45. The van der Waals surface area contributed by atoms with E-state index in [1.807, 2.05) is 0 Å². The molecule has 1 aromatic heterocycles. The van der Waals surface area contributed by atoms with Gasteiger partial charge in [0.2, 0.25) is 5.89 Å². The Bertz CT molecular complexity index is 943. The second kappa shape index (κ2) is 8.24. The molecule has 0 radical (unpaired) electrons. The van der Waals surface area contributed by atoms with Crippen LogP contribution < -0.4 is 4.74 Å². The molecular weight excluding hydrogens is 366 g/mol. The van der Waals surface area contributed by atoms with Crippen LogP contribution in [0.2, 0.25) is 0 Å². The van der Waals surface area contributed by atoms with Crippen molar-refractivity contribution in [1.82, 2.24) is 4.98 Å². The zero-order valence-electron chi connectivity index (χ0n) is 15.6. The monoisotopic (exact) mass is 387 g/mol. The molecule has 0 saturated heterocycles. The minimum Gasteiger partial charge on any atom is -0.494 e. The van der Waals surface area contributed by atoms with E-state index in [9.17, 15) is 14.4 Å². The third kappa shape index (κ3) is 3.76. The molecule has 2 aromatic rings. The molecule has 1 N–H and O–H groups in total. The zero-order valence-corrected chi connectivity index (χ0v) is 15.6. The number of aromatic nitrogens is 1. The number of oxazole rings is 1. The molecule has 0 spiro atoms. The van der Waals surface area contributed by atoms with Gasteiger partial charge in [0, 0.05) is 0 Å². The summed E-state index contributed by atoms with van der Waals surface area (Å²) in [6.07, 6.45) is 2.44. The number of aliphatic carboxylic acids is 1. The van der Waals surface area contributed by atoms with Crippen molar-refractivity contribution in [1.29, 1.82) is 0 Å². The van der Waals surface area contributed by atoms with Crippen molar-refractivity contribution in [3.63, 3.8) is 0 Å². The van der Waals surface area contributed by atoms with Gasteiger partial charge in [-0.05, 0) is 43.9 Å². The van der Waals surface area contributed by atoms with Gasteiger partial charge in [0.05, 0.1) is 19.6 Å². The summed E-state index contributed by atoms with van der Waals surface area (Å²) in [5, 5.41) is 9.11. The Morgan fingerprint density at radius 1 is 1.36 bits per heavy atom. The van der Waals surface area contributed by atoms with E-state index in [0.717, 1.165) is 0 Å². The van der Waals surface area contributed by atoms with E-state index in [1.165, 1.54) is 7.11 Å². The molecule has 0 amide bonds. The first kappa shape index (κ1) is 19.6. The number of hydrogen-bond donors (Lipinski definition) is 1. The van der Waals surface area contributed by atoms with E-state index < -0.39 is 29.6 Å². The number of carbonyl (C=O) groups excluding carboxylic acids is 2. The molecule has 0 aliphatic heterocycles. The number of nitrogens with zero attached hydrogens (tertiary/aromatic N) is 1. The number of methoxy groups -OCH3 is 1. The largest absolute Gasteiger partial charge is 0.494 e. The van der Waals surface area contributed by atoms with Gasteiger partial charge < -0.3 is 19.0 Å². The number of benzene rings is 1. The van der Waals surface area contributed by atoms with Crippen LogP contribution in [0.5, 0.6) is 5.75 Å². The fourth-order valence-corrected chi connectivity index (χ4v) is 3.24. The lowest BCUT2D eigenvalue weighted by Gasteiger charge is -2.20. The van der Waals surface area contributed by atoms with Crippen molar-refractivity contribution < 1.29 is 33.4 Å². The number of allylic oxidation sites excluding steroid dienone is 2. The Morgan fingerprint density at radius 3 is 2.75 bits per heavy atom. The molecule has 2 unspecified atom stereocenters. The molecule has 28 heavy (non-hydrogen) atoms. The molecule has 0 fully saturated rings. The number of para-hydroxylation sites is 1. The van der Waals surface area contributed by atoms with Crippen molar-refractivity contribution in [3.8, 4) is 5.75 Å². The SMILES string of the molecule is CCOC(=O)C(C(=O)C1=CCC(C(=O)O)CC1)c1nc2c(OC)cccc2o1. The van der Waals surface area contributed by atoms with Gasteiger partial charge in [-0.15, -0.1) is 0 Å². The number of carboxylic acid groups (broad SMARTS) is 1. The van der Waals surface area contributed by atoms with Gasteiger partial charge in [-0.25, -0.2) is 4.98 Å². The molecule has 1 aliphatic rings. The smallest absolute Gasteiger partial charge is 0.326 e. The molecule has 3 rings (SSSR count). The van der Waals surface area contributed by atoms with Gasteiger partial charge in [0.1, 0.15) is 5.75 Å². The first-order valence-corrected chi connectivity index (χ1v) is 9.02. The number of fused-ring (bicyclic) bond motifs is 1. The minimum absolute atomic E-state index is 0.0655. The summed E-state index contributed by atoms with van der Waals surface area (Å²) in [4.78, 5) is 41.0. The predicted molar refractivity (Wildman–Crippen MR) is 98.0 cm³/mol. The van der Waals surface area contributed by atoms with Gasteiger partial charge in [-0.1, -0.05) is 12.1 Å². The summed E-state index contributed by atoms with van der Waals surface area (Å²) in [5.74, 6) is -3.59. The molecule has 1 heterocycles. The highest BCUT2D eigenvalue weighted by Gasteiger charge is 2.38. The van der Waals surface area contributed by atoms with Crippen molar-refractivity contribution >= 4 is 28.8 Å². The fourth-order valence-electron chi connectivity index (χ4n) is 3.24. The van der Waals surface area contributed by atoms with Gasteiger partial charge >= 0.3 is 11.9 Å². The van der Waals surface area contributed by atoms with Crippen LogP contribution in [-0.2, 0) is 19.1 Å². The number of ether oxygens (including phenoxy) is 2. The Hall–Kier alpha value is -3.16. The van der Waals surface area contributed by atoms with E-state index >= 15 is 0 Å². The average Bonchev–Trinajstić information content (AvgIpc) is 3.11. The van der Waals surface area contributed by atoms with Gasteiger partial charge in [-0.3, -0.25) is 14.4 Å². The van der Waals surface area contributed by atoms with Crippen molar-refractivity contribution in [2.75, 3.05) is 13.7 Å². The molecule has 8 nitrogen and oxygen atoms in total. The lowest BCUT2D eigenvalue weighted by Crippen LogP contribution is -2.28. The zero-order chi connectivity index (χ0) is 20.3. The molecule has 1 aromatic carbocycles. The van der Waals surface area contributed by atoms with Crippen LogP contribution in [0.3, 0.4) is 0 Å². The summed E-state index contributed by atoms with van der Waals surface area (Å²) in [6, 6.07) is 5.08. The van der Waals surface area contributed by atoms with Crippen LogP contribution >= 0.6 is 0 Å². The molecule has 1 aliphatic carbocycles. The number of carboxylic acids is 1. The first-order chi connectivity index (χ1) is 13.5. The molecular formula is C20H21NO7. The Balaban J connectivity index is 1.97. The Morgan fingerprint density at radius 2 is 2.14 bits per heavy atom. The van der Waals surface area contributed by atoms with E-state index in [-0.39, 0.29) is 25.3 Å². The number of esters is 1. The molecule has 0 bridgehead atoms. The lowest BCUT2D eigenvalue weighted by atomic mass is 9.84. The number of ketones is 1. The Kier molecular flexibility index (Phi) is 5.77. The average molecular weight is 387 g/mol. The summed E-state index contributed by atoms with van der Waals surface area (Å²) < 4.78 is 16.0. The van der Waals surface area contributed by atoms with Gasteiger partial charge in [0.15, 0.2) is 22.8 Å². The van der Waals surface area contributed by atoms with E-state index in [0.29, 0.717) is 28.8 Å². The highest BCUT2D eigenvalue weighted by Crippen LogP contribution is 2.33. The van der Waals surface area contributed by atoms with Crippen LogP contribution in [-0.4, -0.2) is 41.5 Å². The molecule has 8 heteroatoms. The van der Waals surface area contributed by atoms with Gasteiger partial charge in [-0.2, -0.15) is 0 Å². The topological polar surface area (TPSA) is 116 Å². The van der Waals surface area contributed by atoms with Crippen molar-refractivity contribution in [2.45, 2.75) is 32.1 Å². The fraction of sp³-hybridized carbons (Fsp3) is 0.400. The Labute approximate surface area is 161 Å². The molecule has 0 saturated carbocycles. The number of Topliss-reactive ketones (excluding diaryl/α,β-unsaturated/α-hetero) is 1. The maximum atomic E-state index is 13.1. The van der Waals surface area contributed by atoms with Crippen LogP contribution in [0.1, 0.15) is 38.0 Å². The van der Waals surface area contributed by atoms with Crippen LogP contribution in [0.15, 0.2) is 34.3 Å². The normalized spacial score (nSPS) is 17.6. The first-order valence-electron chi connectivity index (χ1n) is 9.02. The summed E-state index contributed by atoms with van der Waals surface area (Å²) in [7, 11) is 1.49. The van der Waals surface area contributed by atoms with E-state index in [4.69, 9.17) is 19.0 Å². The predicted octanol–water partition coefficient (Wildman–Crippen LogP) is 2.86. The highest BCUT2D eigenvalue weighted by molar-refractivity contribution is 6.12. The summed E-state index contributed by atoms with van der Waals surface area (Å²) in [5.41, 5.74) is 1.19.